The highest BCUT2D eigenvalue weighted by molar-refractivity contribution is 6.30. The molecule has 1 saturated heterocycles. The molecular weight excluding hydrogens is 332 g/mol. The van der Waals surface area contributed by atoms with Crippen LogP contribution in [0.4, 0.5) is 11.5 Å². The molecule has 0 aliphatic carbocycles. The van der Waals surface area contributed by atoms with Crippen molar-refractivity contribution in [3.8, 4) is 0 Å². The number of aryl methyl sites for hydroxylation is 1. The summed E-state index contributed by atoms with van der Waals surface area (Å²) in [5.41, 5.74) is 4.24. The van der Waals surface area contributed by atoms with E-state index >= 15 is 0 Å². The molecule has 5 heteroatoms. The molecule has 1 fully saturated rings. The molecule has 0 bridgehead atoms. The monoisotopic (exact) mass is 352 g/mol. The van der Waals surface area contributed by atoms with Crippen LogP contribution in [0.3, 0.4) is 0 Å². The van der Waals surface area contributed by atoms with Crippen molar-refractivity contribution in [2.75, 3.05) is 18.4 Å². The molecule has 4 nitrogen and oxygen atoms in total. The Kier molecular flexibility index (Phi) is 4.14. The van der Waals surface area contributed by atoms with E-state index < -0.39 is 0 Å². The second-order valence-corrected chi connectivity index (χ2v) is 6.92. The van der Waals surface area contributed by atoms with Crippen LogP contribution in [0.1, 0.15) is 18.4 Å². The minimum Gasteiger partial charge on any atom is -0.371 e. The minimum atomic E-state index is 0.702. The highest BCUT2D eigenvalue weighted by atomic mass is 35.5. The van der Waals surface area contributed by atoms with Crippen LogP contribution in [0, 0.1) is 0 Å². The Hall–Kier alpha value is -2.46. The van der Waals surface area contributed by atoms with Gasteiger partial charge in [-0.05, 0) is 37.1 Å². The minimum absolute atomic E-state index is 0.702. The number of benzene rings is 1. The Balaban J connectivity index is 1.76. The van der Waals surface area contributed by atoms with Gasteiger partial charge in [0.1, 0.15) is 5.82 Å². The van der Waals surface area contributed by atoms with Gasteiger partial charge in [-0.3, -0.25) is 0 Å². The number of likely N-dealkylation sites (tertiary alicyclic amines) is 1. The summed E-state index contributed by atoms with van der Waals surface area (Å²) in [5.74, 6) is 0.829. The van der Waals surface area contributed by atoms with Gasteiger partial charge in [-0.25, -0.2) is 4.98 Å². The van der Waals surface area contributed by atoms with Crippen LogP contribution >= 0.6 is 11.6 Å². The number of hydrogen-bond donors (Lipinski definition) is 1. The van der Waals surface area contributed by atoms with Gasteiger partial charge < -0.3 is 14.8 Å². The number of aromatic nitrogens is 2. The molecule has 4 rings (SSSR count). The number of fused-ring (bicyclic) bond motifs is 1. The van der Waals surface area contributed by atoms with E-state index in [2.05, 4.69) is 45.7 Å². The van der Waals surface area contributed by atoms with Gasteiger partial charge in [0.15, 0.2) is 0 Å². The lowest BCUT2D eigenvalue weighted by atomic mass is 10.1. The number of anilines is 2. The first-order valence-electron chi connectivity index (χ1n) is 8.54. The van der Waals surface area contributed by atoms with Gasteiger partial charge in [0.05, 0.1) is 5.52 Å². The van der Waals surface area contributed by atoms with Crippen molar-refractivity contribution in [1.29, 1.82) is 0 Å². The van der Waals surface area contributed by atoms with E-state index in [-0.39, 0.29) is 0 Å². The van der Waals surface area contributed by atoms with Gasteiger partial charge >= 0.3 is 0 Å². The fraction of sp³-hybridized carbons (Fsp3) is 0.250. The molecule has 128 valence electrons. The molecule has 3 aromatic rings. The van der Waals surface area contributed by atoms with Crippen LogP contribution in [-0.4, -0.2) is 27.5 Å². The van der Waals surface area contributed by atoms with Crippen molar-refractivity contribution < 1.29 is 0 Å². The fourth-order valence-electron chi connectivity index (χ4n) is 3.49. The number of rotatable bonds is 4. The van der Waals surface area contributed by atoms with E-state index in [1.54, 1.807) is 0 Å². The van der Waals surface area contributed by atoms with E-state index in [0.717, 1.165) is 46.8 Å². The third kappa shape index (κ3) is 2.98. The first-order chi connectivity index (χ1) is 12.1. The van der Waals surface area contributed by atoms with Crippen molar-refractivity contribution in [2.45, 2.75) is 12.8 Å². The number of nitrogens with zero attached hydrogens (tertiary/aromatic N) is 3. The third-order valence-corrected chi connectivity index (χ3v) is 5.03. The van der Waals surface area contributed by atoms with E-state index in [9.17, 15) is 0 Å². The smallest absolute Gasteiger partial charge is 0.139 e. The maximum atomic E-state index is 6.09. The first kappa shape index (κ1) is 16.0. The highest BCUT2D eigenvalue weighted by Crippen LogP contribution is 2.33. The summed E-state index contributed by atoms with van der Waals surface area (Å²) in [4.78, 5) is 7.04. The lowest BCUT2D eigenvalue weighted by Gasteiger charge is -2.22. The van der Waals surface area contributed by atoms with Crippen LogP contribution in [0.25, 0.3) is 16.6 Å². The highest BCUT2D eigenvalue weighted by Gasteiger charge is 2.19. The maximum Gasteiger partial charge on any atom is 0.139 e. The van der Waals surface area contributed by atoms with Crippen LogP contribution in [-0.2, 0) is 7.05 Å². The molecule has 0 saturated carbocycles. The lowest BCUT2D eigenvalue weighted by Crippen LogP contribution is -2.17. The molecule has 1 N–H and O–H groups in total. The van der Waals surface area contributed by atoms with Crippen molar-refractivity contribution in [2.24, 2.45) is 7.05 Å². The van der Waals surface area contributed by atoms with Crippen LogP contribution in [0.5, 0.6) is 0 Å². The van der Waals surface area contributed by atoms with E-state index in [4.69, 9.17) is 11.6 Å². The van der Waals surface area contributed by atoms with Crippen LogP contribution in [0.15, 0.2) is 49.3 Å². The predicted octanol–water partition coefficient (Wildman–Crippen LogP) is 5.04. The van der Waals surface area contributed by atoms with Crippen LogP contribution < -0.4 is 5.32 Å². The first-order valence-corrected chi connectivity index (χ1v) is 8.92. The average molecular weight is 353 g/mol. The zero-order valence-electron chi connectivity index (χ0n) is 14.3. The predicted molar refractivity (Wildman–Crippen MR) is 105 cm³/mol. The summed E-state index contributed by atoms with van der Waals surface area (Å²) in [6, 6.07) is 9.77. The number of nitrogens with one attached hydrogen (secondary N) is 1. The standard InChI is InChI=1S/C20H21ClN4/c1-14(25-9-3-4-10-25)18-13-22-20(17-8-11-24(2)19(17)18)23-16-7-5-6-15(21)12-16/h5-8,11-13H,1,3-4,9-10H2,2H3,(H,22,23). The molecule has 25 heavy (non-hydrogen) atoms. The Bertz CT molecular complexity index is 938. The Morgan fingerprint density at radius 3 is 2.80 bits per heavy atom. The van der Waals surface area contributed by atoms with E-state index in [0.29, 0.717) is 5.02 Å². The summed E-state index contributed by atoms with van der Waals surface area (Å²) < 4.78 is 2.14. The molecule has 0 spiro atoms. The molecule has 1 aromatic carbocycles. The molecule has 0 atom stereocenters. The summed E-state index contributed by atoms with van der Waals surface area (Å²) in [6.45, 7) is 6.49. The molecule has 1 aliphatic rings. The van der Waals surface area contributed by atoms with E-state index in [1.165, 1.54) is 12.8 Å². The van der Waals surface area contributed by atoms with Gasteiger partial charge in [-0.2, -0.15) is 0 Å². The van der Waals surface area contributed by atoms with Gasteiger partial charge in [-0.1, -0.05) is 24.2 Å². The second kappa shape index (κ2) is 6.45. The van der Waals surface area contributed by atoms with Gasteiger partial charge in [-0.15, -0.1) is 0 Å². The number of pyridine rings is 1. The summed E-state index contributed by atoms with van der Waals surface area (Å²) in [7, 11) is 2.06. The largest absolute Gasteiger partial charge is 0.371 e. The van der Waals surface area contributed by atoms with Crippen molar-refractivity contribution in [3.63, 3.8) is 0 Å². The summed E-state index contributed by atoms with van der Waals surface area (Å²) >= 11 is 6.09. The molecular formula is C20H21ClN4. The number of halogens is 1. The molecule has 2 aromatic heterocycles. The van der Waals surface area contributed by atoms with Crippen LogP contribution in [0.2, 0.25) is 5.02 Å². The molecule has 0 amide bonds. The Labute approximate surface area is 152 Å². The summed E-state index contributed by atoms with van der Waals surface area (Å²) in [6.07, 6.45) is 6.46. The molecule has 0 unspecified atom stereocenters. The number of hydrogen-bond acceptors (Lipinski definition) is 3. The average Bonchev–Trinajstić information content (AvgIpc) is 3.25. The van der Waals surface area contributed by atoms with E-state index in [1.807, 2.05) is 30.5 Å². The molecule has 3 heterocycles. The van der Waals surface area contributed by atoms with Gasteiger partial charge in [0.2, 0.25) is 0 Å². The molecule has 1 aliphatic heterocycles. The van der Waals surface area contributed by atoms with Gasteiger partial charge in [0.25, 0.3) is 0 Å². The Morgan fingerprint density at radius 1 is 1.24 bits per heavy atom. The van der Waals surface area contributed by atoms with Crippen molar-refractivity contribution in [3.05, 3.63) is 59.9 Å². The third-order valence-electron chi connectivity index (χ3n) is 4.79. The summed E-state index contributed by atoms with van der Waals surface area (Å²) in [5, 5.41) is 5.17. The normalized spacial score (nSPS) is 14.2. The van der Waals surface area contributed by atoms with Crippen molar-refractivity contribution >= 4 is 39.7 Å². The lowest BCUT2D eigenvalue weighted by molar-refractivity contribution is 0.494. The van der Waals surface area contributed by atoms with Crippen molar-refractivity contribution in [1.82, 2.24) is 14.5 Å². The topological polar surface area (TPSA) is 33.1 Å². The zero-order chi connectivity index (χ0) is 17.4. The Morgan fingerprint density at radius 2 is 2.04 bits per heavy atom. The fourth-order valence-corrected chi connectivity index (χ4v) is 3.68. The maximum absolute atomic E-state index is 6.09. The van der Waals surface area contributed by atoms with Gasteiger partial charge in [0, 0.05) is 59.9 Å². The zero-order valence-corrected chi connectivity index (χ0v) is 15.1. The quantitative estimate of drug-likeness (QED) is 0.714. The SMILES string of the molecule is C=C(c1cnc(Nc2cccc(Cl)c2)c2ccn(C)c12)N1CCCC1. The second-order valence-electron chi connectivity index (χ2n) is 6.49. The molecule has 0 radical (unpaired) electrons.